The lowest BCUT2D eigenvalue weighted by atomic mass is 9.97. The first-order valence-electron chi connectivity index (χ1n) is 11.4. The van der Waals surface area contributed by atoms with Crippen LogP contribution in [0.15, 0.2) is 66.7 Å². The molecule has 0 fully saturated rings. The van der Waals surface area contributed by atoms with Crippen molar-refractivity contribution in [2.24, 2.45) is 0 Å². The van der Waals surface area contributed by atoms with Gasteiger partial charge in [0, 0.05) is 23.3 Å². The summed E-state index contributed by atoms with van der Waals surface area (Å²) in [5.74, 6) is -7.55. The maximum atomic E-state index is 14.9. The Morgan fingerprint density at radius 1 is 0.649 bits per heavy atom. The summed E-state index contributed by atoms with van der Waals surface area (Å²) in [7, 11) is 0. The molecule has 0 saturated carbocycles. The van der Waals surface area contributed by atoms with E-state index in [1.807, 2.05) is 24.3 Å². The van der Waals surface area contributed by atoms with Crippen LogP contribution in [-0.2, 0) is 12.5 Å². The maximum Gasteiger partial charge on any atom is 0.432 e. The van der Waals surface area contributed by atoms with Crippen LogP contribution in [0.3, 0.4) is 0 Å². The van der Waals surface area contributed by atoms with Gasteiger partial charge in [0.2, 0.25) is 0 Å². The van der Waals surface area contributed by atoms with Crippen LogP contribution < -0.4 is 4.74 Å². The molecular weight excluding hydrogens is 497 g/mol. The third-order valence-corrected chi connectivity index (χ3v) is 5.94. The number of hydrogen-bond donors (Lipinski definition) is 0. The Balaban J connectivity index is 1.64. The van der Waals surface area contributed by atoms with Gasteiger partial charge in [-0.3, -0.25) is 0 Å². The molecule has 0 aliphatic rings. The van der Waals surface area contributed by atoms with Crippen molar-refractivity contribution in [1.29, 1.82) is 0 Å². The number of ether oxygens (including phenoxy) is 1. The van der Waals surface area contributed by atoms with Crippen LogP contribution in [0, 0.1) is 36.0 Å². The van der Waals surface area contributed by atoms with Crippen LogP contribution in [-0.4, -0.2) is 0 Å². The molecule has 8 heteroatoms. The van der Waals surface area contributed by atoms with Crippen LogP contribution in [0.25, 0.3) is 22.3 Å². The molecule has 0 N–H and O–H groups in total. The van der Waals surface area contributed by atoms with Gasteiger partial charge in [-0.05, 0) is 53.8 Å². The summed E-state index contributed by atoms with van der Waals surface area (Å²) in [6.07, 6.45) is -2.73. The predicted octanol–water partition coefficient (Wildman–Crippen LogP) is 9.11. The van der Waals surface area contributed by atoms with Crippen molar-refractivity contribution in [3.8, 4) is 28.0 Å². The number of hydrogen-bond acceptors (Lipinski definition) is 1. The second-order valence-electron chi connectivity index (χ2n) is 8.59. The van der Waals surface area contributed by atoms with Crippen molar-refractivity contribution in [3.05, 3.63) is 113 Å². The molecule has 192 valence electrons. The Morgan fingerprint density at radius 3 is 1.73 bits per heavy atom. The Bertz CT molecular complexity index is 1400. The van der Waals surface area contributed by atoms with Gasteiger partial charge in [-0.1, -0.05) is 49.7 Å². The van der Waals surface area contributed by atoms with E-state index >= 15 is 0 Å². The smallest absolute Gasteiger partial charge is 0.429 e. The third kappa shape index (κ3) is 5.48. The van der Waals surface area contributed by atoms with E-state index in [0.29, 0.717) is 29.8 Å². The van der Waals surface area contributed by atoms with E-state index in [2.05, 4.69) is 11.7 Å². The van der Waals surface area contributed by atoms with Crippen LogP contribution in [0.4, 0.5) is 30.7 Å². The average molecular weight is 518 g/mol. The van der Waals surface area contributed by atoms with E-state index < -0.39 is 52.1 Å². The van der Waals surface area contributed by atoms with Gasteiger partial charge in [0.05, 0.1) is 0 Å². The van der Waals surface area contributed by atoms with Gasteiger partial charge >= 0.3 is 6.11 Å². The lowest BCUT2D eigenvalue weighted by molar-refractivity contribution is -0.189. The molecule has 0 bridgehead atoms. The van der Waals surface area contributed by atoms with Gasteiger partial charge in [0.1, 0.15) is 40.4 Å². The highest BCUT2D eigenvalue weighted by Gasteiger charge is 2.41. The van der Waals surface area contributed by atoms with Crippen molar-refractivity contribution < 1.29 is 35.5 Å². The van der Waals surface area contributed by atoms with E-state index in [1.54, 1.807) is 6.07 Å². The van der Waals surface area contributed by atoms with E-state index in [9.17, 15) is 30.7 Å². The van der Waals surface area contributed by atoms with Gasteiger partial charge in [-0.2, -0.15) is 8.78 Å². The van der Waals surface area contributed by atoms with Crippen LogP contribution in [0.5, 0.6) is 5.75 Å². The van der Waals surface area contributed by atoms with Crippen molar-refractivity contribution in [2.75, 3.05) is 0 Å². The summed E-state index contributed by atoms with van der Waals surface area (Å²) in [6.45, 7) is 3.14. The van der Waals surface area contributed by atoms with Crippen molar-refractivity contribution >= 4 is 0 Å². The van der Waals surface area contributed by atoms with Crippen molar-refractivity contribution in [3.63, 3.8) is 0 Å². The summed E-state index contributed by atoms with van der Waals surface area (Å²) in [6, 6.07) is 13.6. The van der Waals surface area contributed by atoms with Gasteiger partial charge in [-0.25, -0.2) is 22.0 Å². The highest BCUT2D eigenvalue weighted by Crippen LogP contribution is 2.38. The monoisotopic (exact) mass is 518 g/mol. The molecule has 4 aromatic rings. The fraction of sp³-hybridized carbons (Fsp3) is 0.172. The number of benzene rings is 4. The van der Waals surface area contributed by atoms with Gasteiger partial charge in [0.15, 0.2) is 0 Å². The molecule has 0 radical (unpaired) electrons. The largest absolute Gasteiger partial charge is 0.432 e. The first-order valence-corrected chi connectivity index (χ1v) is 11.4. The zero-order chi connectivity index (χ0) is 26.9. The lowest BCUT2D eigenvalue weighted by Gasteiger charge is -2.20. The molecule has 4 rings (SSSR count). The third-order valence-electron chi connectivity index (χ3n) is 5.94. The molecule has 0 aliphatic heterocycles. The number of alkyl halides is 2. The highest BCUT2D eigenvalue weighted by atomic mass is 19.3. The summed E-state index contributed by atoms with van der Waals surface area (Å²) in [5.41, 5.74) is -0.335. The van der Waals surface area contributed by atoms with Gasteiger partial charge in [0.25, 0.3) is 0 Å². The molecule has 0 atom stereocenters. The SMILES string of the molecule is CCCc1ccc(-c2ccc(-c3cc(F)c(C(F)(F)Oc4cc(F)c(C)c(F)c4)c(F)c3)c(F)c2)cc1. The van der Waals surface area contributed by atoms with Crippen molar-refractivity contribution in [1.82, 2.24) is 0 Å². The summed E-state index contributed by atoms with van der Waals surface area (Å²) < 4.78 is 105. The Labute approximate surface area is 209 Å². The highest BCUT2D eigenvalue weighted by molar-refractivity contribution is 5.71. The molecule has 0 spiro atoms. The molecule has 37 heavy (non-hydrogen) atoms. The molecule has 0 saturated heterocycles. The molecule has 0 heterocycles. The van der Waals surface area contributed by atoms with Crippen LogP contribution in [0.1, 0.15) is 30.0 Å². The van der Waals surface area contributed by atoms with E-state index in [1.165, 1.54) is 12.1 Å². The minimum Gasteiger partial charge on any atom is -0.429 e. The second-order valence-corrected chi connectivity index (χ2v) is 8.59. The van der Waals surface area contributed by atoms with Gasteiger partial charge in [-0.15, -0.1) is 0 Å². The average Bonchev–Trinajstić information content (AvgIpc) is 2.82. The van der Waals surface area contributed by atoms with E-state index in [4.69, 9.17) is 0 Å². The summed E-state index contributed by atoms with van der Waals surface area (Å²) in [5, 5.41) is 0. The Hall–Kier alpha value is -3.81. The number of halogens is 7. The fourth-order valence-electron chi connectivity index (χ4n) is 3.97. The molecule has 0 aromatic heterocycles. The maximum absolute atomic E-state index is 14.9. The lowest BCUT2D eigenvalue weighted by Crippen LogP contribution is -2.25. The molecule has 4 aromatic carbocycles. The molecule has 0 aliphatic carbocycles. The number of rotatable bonds is 7. The fourth-order valence-corrected chi connectivity index (χ4v) is 3.97. The topological polar surface area (TPSA) is 9.23 Å². The zero-order valence-corrected chi connectivity index (χ0v) is 19.8. The minimum absolute atomic E-state index is 0.206. The second kappa shape index (κ2) is 10.3. The van der Waals surface area contributed by atoms with E-state index in [-0.39, 0.29) is 11.1 Å². The van der Waals surface area contributed by atoms with E-state index in [0.717, 1.165) is 30.9 Å². The molecule has 1 nitrogen and oxygen atoms in total. The molecule has 0 unspecified atom stereocenters. The summed E-state index contributed by atoms with van der Waals surface area (Å²) in [4.78, 5) is 0. The van der Waals surface area contributed by atoms with Crippen LogP contribution in [0.2, 0.25) is 0 Å². The molecule has 0 amide bonds. The first-order chi connectivity index (χ1) is 17.5. The minimum atomic E-state index is -4.62. The Kier molecular flexibility index (Phi) is 7.30. The Morgan fingerprint density at radius 2 is 1.19 bits per heavy atom. The van der Waals surface area contributed by atoms with Crippen LogP contribution >= 0.6 is 0 Å². The zero-order valence-electron chi connectivity index (χ0n) is 19.8. The normalized spacial score (nSPS) is 11.6. The van der Waals surface area contributed by atoms with Gasteiger partial charge < -0.3 is 4.74 Å². The standard InChI is InChI=1S/C29H21F7O/c1-3-4-17-5-7-18(8-6-17)19-9-10-22(25(32)11-19)20-12-26(33)28(27(34)13-20)29(35,36)37-21-14-23(30)16(2)24(31)15-21/h5-15H,3-4H2,1-2H3. The first kappa shape index (κ1) is 26.3. The quantitative estimate of drug-likeness (QED) is 0.222. The molecular formula is C29H21F7O. The predicted molar refractivity (Wildman–Crippen MR) is 127 cm³/mol. The van der Waals surface area contributed by atoms with Crippen molar-refractivity contribution in [2.45, 2.75) is 32.8 Å². The number of aryl methyl sites for hydroxylation is 1. The summed E-state index contributed by atoms with van der Waals surface area (Å²) >= 11 is 0.